The van der Waals surface area contributed by atoms with Crippen molar-refractivity contribution in [3.63, 3.8) is 0 Å². The molecule has 2 aromatic rings. The molecule has 1 unspecified atom stereocenters. The Labute approximate surface area is 115 Å². The van der Waals surface area contributed by atoms with Gasteiger partial charge in [0.2, 0.25) is 0 Å². The highest BCUT2D eigenvalue weighted by Gasteiger charge is 2.22. The summed E-state index contributed by atoms with van der Waals surface area (Å²) >= 11 is 1.64. The van der Waals surface area contributed by atoms with E-state index >= 15 is 0 Å². The summed E-state index contributed by atoms with van der Waals surface area (Å²) in [5, 5.41) is 9.99. The van der Waals surface area contributed by atoms with Crippen molar-refractivity contribution < 1.29 is 4.74 Å². The van der Waals surface area contributed by atoms with E-state index in [0.29, 0.717) is 13.2 Å². The molecule has 1 aromatic carbocycles. The van der Waals surface area contributed by atoms with E-state index in [1.54, 1.807) is 11.3 Å². The number of anilines is 2. The Morgan fingerprint density at radius 3 is 3.21 bits per heavy atom. The largest absolute Gasteiger partial charge is 0.397 e. The van der Waals surface area contributed by atoms with Crippen molar-refractivity contribution in [2.75, 3.05) is 30.3 Å². The van der Waals surface area contributed by atoms with Crippen LogP contribution in [0.1, 0.15) is 5.01 Å². The lowest BCUT2D eigenvalue weighted by Crippen LogP contribution is -2.42. The molecule has 2 heterocycles. The van der Waals surface area contributed by atoms with E-state index < -0.39 is 0 Å². The van der Waals surface area contributed by atoms with Gasteiger partial charge in [0.1, 0.15) is 0 Å². The van der Waals surface area contributed by atoms with Crippen LogP contribution >= 0.6 is 11.3 Å². The summed E-state index contributed by atoms with van der Waals surface area (Å²) in [6.07, 6.45) is -0.388. The van der Waals surface area contributed by atoms with Crippen molar-refractivity contribution in [1.82, 2.24) is 4.98 Å². The van der Waals surface area contributed by atoms with Gasteiger partial charge in [0.25, 0.3) is 0 Å². The molecule has 0 bridgehead atoms. The maximum Gasteiger partial charge on any atom is 0.161 e. The van der Waals surface area contributed by atoms with Crippen molar-refractivity contribution in [2.45, 2.75) is 13.0 Å². The number of nitriles is 1. The van der Waals surface area contributed by atoms with Gasteiger partial charge in [-0.15, -0.1) is 11.3 Å². The van der Waals surface area contributed by atoms with E-state index in [9.17, 15) is 0 Å². The molecule has 98 valence electrons. The third-order valence-corrected chi connectivity index (χ3v) is 4.13. The van der Waals surface area contributed by atoms with Gasteiger partial charge in [-0.05, 0) is 19.1 Å². The predicted molar refractivity (Wildman–Crippen MR) is 76.3 cm³/mol. The number of hydrogen-bond donors (Lipinski definition) is 1. The van der Waals surface area contributed by atoms with Gasteiger partial charge in [0, 0.05) is 6.54 Å². The fourth-order valence-corrected chi connectivity index (χ4v) is 3.17. The molecule has 1 aliphatic rings. The summed E-state index contributed by atoms with van der Waals surface area (Å²) < 4.78 is 6.45. The van der Waals surface area contributed by atoms with Gasteiger partial charge in [0.05, 0.1) is 45.8 Å². The Balaban J connectivity index is 1.99. The second kappa shape index (κ2) is 4.68. The molecular formula is C13H14N4OS. The van der Waals surface area contributed by atoms with Gasteiger partial charge in [-0.25, -0.2) is 4.98 Å². The number of aromatic nitrogens is 1. The molecule has 0 spiro atoms. The van der Waals surface area contributed by atoms with Crippen LogP contribution in [0.5, 0.6) is 0 Å². The van der Waals surface area contributed by atoms with Crippen LogP contribution in [-0.4, -0.2) is 30.8 Å². The van der Waals surface area contributed by atoms with E-state index in [4.69, 9.17) is 15.7 Å². The van der Waals surface area contributed by atoms with Crippen LogP contribution in [0.4, 0.5) is 11.4 Å². The second-order valence-corrected chi connectivity index (χ2v) is 5.78. The number of ether oxygens (including phenoxy) is 1. The first-order valence-electron chi connectivity index (χ1n) is 6.10. The molecule has 1 saturated heterocycles. The van der Waals surface area contributed by atoms with Crippen LogP contribution in [0, 0.1) is 18.3 Å². The molecule has 19 heavy (non-hydrogen) atoms. The molecule has 1 fully saturated rings. The third kappa shape index (κ3) is 2.23. The van der Waals surface area contributed by atoms with Gasteiger partial charge in [-0.3, -0.25) is 0 Å². The van der Waals surface area contributed by atoms with Gasteiger partial charge in [0.15, 0.2) is 6.10 Å². The van der Waals surface area contributed by atoms with Crippen molar-refractivity contribution in [3.05, 3.63) is 17.1 Å². The first-order valence-corrected chi connectivity index (χ1v) is 6.92. The Morgan fingerprint density at radius 2 is 2.42 bits per heavy atom. The van der Waals surface area contributed by atoms with Gasteiger partial charge < -0.3 is 15.4 Å². The number of aryl methyl sites for hydroxylation is 1. The number of rotatable bonds is 1. The Kier molecular flexibility index (Phi) is 3.01. The number of nitrogens with two attached hydrogens (primary N) is 1. The molecular weight excluding hydrogens is 260 g/mol. The van der Waals surface area contributed by atoms with Crippen molar-refractivity contribution in [2.24, 2.45) is 0 Å². The number of fused-ring (bicyclic) bond motifs is 1. The van der Waals surface area contributed by atoms with Crippen LogP contribution in [0.3, 0.4) is 0 Å². The van der Waals surface area contributed by atoms with Gasteiger partial charge >= 0.3 is 0 Å². The van der Waals surface area contributed by atoms with E-state index in [0.717, 1.165) is 33.1 Å². The Morgan fingerprint density at radius 1 is 1.58 bits per heavy atom. The smallest absolute Gasteiger partial charge is 0.161 e. The minimum atomic E-state index is -0.388. The zero-order valence-electron chi connectivity index (χ0n) is 10.6. The van der Waals surface area contributed by atoms with E-state index in [1.807, 2.05) is 19.1 Å². The fourth-order valence-electron chi connectivity index (χ4n) is 2.31. The maximum atomic E-state index is 8.96. The first-order chi connectivity index (χ1) is 9.17. The number of nitrogens with zero attached hydrogens (tertiary/aromatic N) is 3. The van der Waals surface area contributed by atoms with E-state index in [2.05, 4.69) is 16.0 Å². The van der Waals surface area contributed by atoms with Crippen LogP contribution in [-0.2, 0) is 4.74 Å². The lowest BCUT2D eigenvalue weighted by molar-refractivity contribution is 0.0765. The summed E-state index contributed by atoms with van der Waals surface area (Å²) in [6, 6.07) is 6.12. The summed E-state index contributed by atoms with van der Waals surface area (Å²) in [5.74, 6) is 0. The Hall–Kier alpha value is -1.84. The number of hydrogen-bond acceptors (Lipinski definition) is 6. The third-order valence-electron chi connectivity index (χ3n) is 3.19. The molecule has 0 amide bonds. The van der Waals surface area contributed by atoms with Crippen LogP contribution in [0.2, 0.25) is 0 Å². The highest BCUT2D eigenvalue weighted by Crippen LogP contribution is 2.32. The highest BCUT2D eigenvalue weighted by molar-refractivity contribution is 7.18. The normalized spacial score (nSPS) is 19.6. The zero-order valence-corrected chi connectivity index (χ0v) is 11.4. The average Bonchev–Trinajstić information content (AvgIpc) is 2.77. The molecule has 0 aliphatic carbocycles. The lowest BCUT2D eigenvalue weighted by Gasteiger charge is -2.32. The molecule has 1 aliphatic heterocycles. The molecule has 0 saturated carbocycles. The minimum Gasteiger partial charge on any atom is -0.397 e. The molecule has 1 aromatic heterocycles. The summed E-state index contributed by atoms with van der Waals surface area (Å²) in [7, 11) is 0. The number of nitrogen functional groups attached to an aromatic ring is 1. The molecule has 3 rings (SSSR count). The first kappa shape index (κ1) is 12.2. The summed E-state index contributed by atoms with van der Waals surface area (Å²) in [4.78, 5) is 6.59. The van der Waals surface area contributed by atoms with Crippen LogP contribution in [0.15, 0.2) is 12.1 Å². The number of thiazole rings is 1. The zero-order chi connectivity index (χ0) is 13.4. The van der Waals surface area contributed by atoms with Gasteiger partial charge in [-0.1, -0.05) is 0 Å². The molecule has 0 radical (unpaired) electrons. The number of benzene rings is 1. The summed E-state index contributed by atoms with van der Waals surface area (Å²) in [5.41, 5.74) is 8.77. The van der Waals surface area contributed by atoms with Crippen LogP contribution in [0.25, 0.3) is 10.2 Å². The van der Waals surface area contributed by atoms with Crippen LogP contribution < -0.4 is 10.6 Å². The second-order valence-electron chi connectivity index (χ2n) is 4.55. The van der Waals surface area contributed by atoms with Crippen molar-refractivity contribution in [1.29, 1.82) is 5.26 Å². The average molecular weight is 274 g/mol. The molecule has 1 atom stereocenters. The standard InChI is InChI=1S/C13H14N4OS/c1-8-16-11-5-12(10(15)4-13(11)19-8)17-2-3-18-9(6-14)7-17/h4-5,9H,2-3,7,15H2,1H3. The van der Waals surface area contributed by atoms with E-state index in [-0.39, 0.29) is 6.10 Å². The van der Waals surface area contributed by atoms with Crippen molar-refractivity contribution >= 4 is 32.9 Å². The molecule has 5 nitrogen and oxygen atoms in total. The lowest BCUT2D eigenvalue weighted by atomic mass is 10.2. The highest BCUT2D eigenvalue weighted by atomic mass is 32.1. The summed E-state index contributed by atoms with van der Waals surface area (Å²) in [6.45, 7) is 3.83. The quantitative estimate of drug-likeness (QED) is 0.804. The van der Waals surface area contributed by atoms with E-state index in [1.165, 1.54) is 0 Å². The Bertz CT molecular complexity index is 660. The minimum absolute atomic E-state index is 0.388. The molecule has 6 heteroatoms. The van der Waals surface area contributed by atoms with Crippen molar-refractivity contribution in [3.8, 4) is 6.07 Å². The maximum absolute atomic E-state index is 8.96. The molecule has 2 N–H and O–H groups in total. The number of morpholine rings is 1. The predicted octanol–water partition coefficient (Wildman–Crippen LogP) is 1.92. The fraction of sp³-hybridized carbons (Fsp3) is 0.385. The van der Waals surface area contributed by atoms with Gasteiger partial charge in [-0.2, -0.15) is 5.26 Å². The SMILES string of the molecule is Cc1nc2cc(N3CCOC(C#N)C3)c(N)cc2s1. The monoisotopic (exact) mass is 274 g/mol. The topological polar surface area (TPSA) is 75.2 Å².